The van der Waals surface area contributed by atoms with Gasteiger partial charge in [-0.05, 0) is 49.2 Å². The highest BCUT2D eigenvalue weighted by molar-refractivity contribution is 6.31. The topological polar surface area (TPSA) is 76.1 Å². The Bertz CT molecular complexity index is 974. The van der Waals surface area contributed by atoms with Gasteiger partial charge in [-0.1, -0.05) is 23.7 Å². The number of anilines is 3. The third-order valence-electron chi connectivity index (χ3n) is 4.02. The molecular weight excluding hydrogens is 364 g/mol. The largest absolute Gasteiger partial charge is 0.495 e. The fourth-order valence-corrected chi connectivity index (χ4v) is 2.67. The van der Waals surface area contributed by atoms with Gasteiger partial charge in [0.1, 0.15) is 17.3 Å². The van der Waals surface area contributed by atoms with Crippen LogP contribution in [0.5, 0.6) is 5.75 Å². The van der Waals surface area contributed by atoms with Crippen molar-refractivity contribution in [3.05, 3.63) is 70.6 Å². The third-order valence-corrected chi connectivity index (χ3v) is 4.43. The van der Waals surface area contributed by atoms with Gasteiger partial charge in [0.15, 0.2) is 0 Å². The number of nitrogens with zero attached hydrogens (tertiary/aromatic N) is 2. The standard InChI is InChI=1S/C20H19ClN4O2/c1-12-7-8-18(27-3)16(9-12)24-19-11-22-17(10-23-19)20(26)25-15-6-4-5-14(21)13(15)2/h4-11H,1-3H3,(H,23,24)(H,25,26). The van der Waals surface area contributed by atoms with Crippen LogP contribution in [0, 0.1) is 13.8 Å². The summed E-state index contributed by atoms with van der Waals surface area (Å²) in [7, 11) is 1.60. The Morgan fingerprint density at radius 3 is 2.59 bits per heavy atom. The van der Waals surface area contributed by atoms with Gasteiger partial charge in [0.2, 0.25) is 0 Å². The van der Waals surface area contributed by atoms with Gasteiger partial charge >= 0.3 is 0 Å². The van der Waals surface area contributed by atoms with Crippen LogP contribution in [-0.4, -0.2) is 23.0 Å². The van der Waals surface area contributed by atoms with E-state index in [-0.39, 0.29) is 11.6 Å². The van der Waals surface area contributed by atoms with Crippen molar-refractivity contribution in [1.82, 2.24) is 9.97 Å². The van der Waals surface area contributed by atoms with Crippen LogP contribution in [0.25, 0.3) is 0 Å². The third kappa shape index (κ3) is 4.35. The summed E-state index contributed by atoms with van der Waals surface area (Å²) in [6.07, 6.45) is 2.92. The number of benzene rings is 2. The number of carbonyl (C=O) groups is 1. The second kappa shape index (κ2) is 8.05. The molecule has 7 heteroatoms. The number of hydrogen-bond acceptors (Lipinski definition) is 5. The van der Waals surface area contributed by atoms with Crippen molar-refractivity contribution in [1.29, 1.82) is 0 Å². The molecule has 0 saturated carbocycles. The van der Waals surface area contributed by atoms with E-state index in [9.17, 15) is 4.79 Å². The van der Waals surface area contributed by atoms with Gasteiger partial charge in [-0.15, -0.1) is 0 Å². The molecule has 0 unspecified atom stereocenters. The van der Waals surface area contributed by atoms with Crippen LogP contribution in [0.4, 0.5) is 17.2 Å². The molecule has 0 atom stereocenters. The van der Waals surface area contributed by atoms with Crippen LogP contribution in [0.1, 0.15) is 21.6 Å². The van der Waals surface area contributed by atoms with Gasteiger partial charge in [0.05, 0.1) is 25.2 Å². The average Bonchev–Trinajstić information content (AvgIpc) is 2.66. The van der Waals surface area contributed by atoms with Crippen LogP contribution < -0.4 is 15.4 Å². The second-order valence-corrected chi connectivity index (χ2v) is 6.39. The molecule has 1 heterocycles. The van der Waals surface area contributed by atoms with E-state index in [0.29, 0.717) is 22.3 Å². The summed E-state index contributed by atoms with van der Waals surface area (Å²) in [4.78, 5) is 20.9. The predicted octanol–water partition coefficient (Wildman–Crippen LogP) is 4.75. The SMILES string of the molecule is COc1ccc(C)cc1Nc1cnc(C(=O)Nc2cccc(Cl)c2C)cn1. The summed E-state index contributed by atoms with van der Waals surface area (Å²) in [5, 5.41) is 6.53. The average molecular weight is 383 g/mol. The van der Waals surface area contributed by atoms with Crippen molar-refractivity contribution >= 4 is 34.7 Å². The second-order valence-electron chi connectivity index (χ2n) is 5.98. The zero-order chi connectivity index (χ0) is 19.4. The lowest BCUT2D eigenvalue weighted by Crippen LogP contribution is -2.15. The van der Waals surface area contributed by atoms with Crippen molar-refractivity contribution < 1.29 is 9.53 Å². The van der Waals surface area contributed by atoms with E-state index in [2.05, 4.69) is 20.6 Å². The summed E-state index contributed by atoms with van der Waals surface area (Å²) in [6, 6.07) is 11.1. The molecule has 2 N–H and O–H groups in total. The quantitative estimate of drug-likeness (QED) is 0.665. The van der Waals surface area contributed by atoms with Gasteiger partial charge in [-0.3, -0.25) is 4.79 Å². The Morgan fingerprint density at radius 1 is 1.07 bits per heavy atom. The first kappa shape index (κ1) is 18.7. The molecule has 0 bridgehead atoms. The zero-order valence-electron chi connectivity index (χ0n) is 15.2. The number of hydrogen-bond donors (Lipinski definition) is 2. The van der Waals surface area contributed by atoms with E-state index in [0.717, 1.165) is 16.8 Å². The lowest BCUT2D eigenvalue weighted by Gasteiger charge is -2.12. The van der Waals surface area contributed by atoms with Crippen molar-refractivity contribution in [2.24, 2.45) is 0 Å². The molecular formula is C20H19ClN4O2. The van der Waals surface area contributed by atoms with E-state index in [1.165, 1.54) is 12.4 Å². The van der Waals surface area contributed by atoms with Gasteiger partial charge in [-0.25, -0.2) is 9.97 Å². The van der Waals surface area contributed by atoms with Crippen LogP contribution in [0.3, 0.4) is 0 Å². The number of nitrogens with one attached hydrogen (secondary N) is 2. The molecule has 6 nitrogen and oxygen atoms in total. The lowest BCUT2D eigenvalue weighted by molar-refractivity contribution is 0.102. The summed E-state index contributed by atoms with van der Waals surface area (Å²) in [6.45, 7) is 3.83. The number of aromatic nitrogens is 2. The van der Waals surface area contributed by atoms with E-state index in [1.54, 1.807) is 25.3 Å². The number of halogens is 1. The molecule has 0 aliphatic rings. The molecule has 1 amide bonds. The number of aryl methyl sites for hydroxylation is 1. The molecule has 1 aromatic heterocycles. The van der Waals surface area contributed by atoms with E-state index < -0.39 is 0 Å². The van der Waals surface area contributed by atoms with E-state index in [1.807, 2.05) is 32.0 Å². The Kier molecular flexibility index (Phi) is 5.57. The predicted molar refractivity (Wildman–Crippen MR) is 107 cm³/mol. The molecule has 27 heavy (non-hydrogen) atoms. The van der Waals surface area contributed by atoms with Crippen molar-refractivity contribution in [2.45, 2.75) is 13.8 Å². The molecule has 0 radical (unpaired) electrons. The smallest absolute Gasteiger partial charge is 0.275 e. The van der Waals surface area contributed by atoms with Gasteiger partial charge in [0, 0.05) is 10.7 Å². The van der Waals surface area contributed by atoms with Crippen molar-refractivity contribution in [2.75, 3.05) is 17.7 Å². The molecule has 0 saturated heterocycles. The maximum absolute atomic E-state index is 12.4. The minimum atomic E-state index is -0.354. The first-order chi connectivity index (χ1) is 13.0. The molecule has 0 fully saturated rings. The van der Waals surface area contributed by atoms with Crippen LogP contribution in [0.15, 0.2) is 48.8 Å². The van der Waals surface area contributed by atoms with Gasteiger partial charge in [0.25, 0.3) is 5.91 Å². The van der Waals surface area contributed by atoms with E-state index >= 15 is 0 Å². The molecule has 2 aromatic carbocycles. The number of methoxy groups -OCH3 is 1. The van der Waals surface area contributed by atoms with Gasteiger partial charge < -0.3 is 15.4 Å². The highest BCUT2D eigenvalue weighted by atomic mass is 35.5. The molecule has 0 spiro atoms. The maximum atomic E-state index is 12.4. The van der Waals surface area contributed by atoms with Crippen molar-refractivity contribution in [3.8, 4) is 5.75 Å². The van der Waals surface area contributed by atoms with Crippen LogP contribution >= 0.6 is 11.6 Å². The molecule has 3 rings (SSSR count). The first-order valence-corrected chi connectivity index (χ1v) is 8.66. The maximum Gasteiger partial charge on any atom is 0.275 e. The summed E-state index contributed by atoms with van der Waals surface area (Å²) >= 11 is 6.08. The Morgan fingerprint density at radius 2 is 1.89 bits per heavy atom. The van der Waals surface area contributed by atoms with Gasteiger partial charge in [-0.2, -0.15) is 0 Å². The Balaban J connectivity index is 1.74. The minimum absolute atomic E-state index is 0.205. The Hall–Kier alpha value is -3.12. The van der Waals surface area contributed by atoms with Crippen molar-refractivity contribution in [3.63, 3.8) is 0 Å². The fourth-order valence-electron chi connectivity index (χ4n) is 2.50. The summed E-state index contributed by atoms with van der Waals surface area (Å²) < 4.78 is 5.34. The van der Waals surface area contributed by atoms with Crippen LogP contribution in [-0.2, 0) is 0 Å². The monoisotopic (exact) mass is 382 g/mol. The number of amides is 1. The molecule has 0 aliphatic heterocycles. The van der Waals surface area contributed by atoms with Crippen LogP contribution in [0.2, 0.25) is 5.02 Å². The highest BCUT2D eigenvalue weighted by Crippen LogP contribution is 2.28. The first-order valence-electron chi connectivity index (χ1n) is 8.28. The molecule has 3 aromatic rings. The summed E-state index contributed by atoms with van der Waals surface area (Å²) in [5.74, 6) is 0.850. The highest BCUT2D eigenvalue weighted by Gasteiger charge is 2.12. The number of rotatable bonds is 5. The van der Waals surface area contributed by atoms with E-state index in [4.69, 9.17) is 16.3 Å². The fraction of sp³-hybridized carbons (Fsp3) is 0.150. The lowest BCUT2D eigenvalue weighted by atomic mass is 10.2. The number of ether oxygens (including phenoxy) is 1. The zero-order valence-corrected chi connectivity index (χ0v) is 16.0. The number of carbonyl (C=O) groups excluding carboxylic acids is 1. The minimum Gasteiger partial charge on any atom is -0.495 e. The molecule has 0 aliphatic carbocycles. The summed E-state index contributed by atoms with van der Waals surface area (Å²) in [5.41, 5.74) is 3.50. The molecule has 138 valence electrons. The normalized spacial score (nSPS) is 10.4. The Labute approximate surface area is 162 Å².